The van der Waals surface area contributed by atoms with Crippen LogP contribution in [-0.4, -0.2) is 54.9 Å². The van der Waals surface area contributed by atoms with E-state index in [9.17, 15) is 9.59 Å². The summed E-state index contributed by atoms with van der Waals surface area (Å²) in [5, 5.41) is 5.66. The fraction of sp³-hybridized carbons (Fsp3) is 0.345. The van der Waals surface area contributed by atoms with Gasteiger partial charge in [-0.25, -0.2) is 9.79 Å². The van der Waals surface area contributed by atoms with Gasteiger partial charge < -0.3 is 24.4 Å². The van der Waals surface area contributed by atoms with Crippen LogP contribution in [0, 0.1) is 0 Å². The molecule has 3 aliphatic heterocycles. The highest BCUT2D eigenvalue weighted by Crippen LogP contribution is 2.47. The minimum absolute atomic E-state index is 0.0665. The summed E-state index contributed by atoms with van der Waals surface area (Å²) >= 11 is 1.45. The predicted molar refractivity (Wildman–Crippen MR) is 147 cm³/mol. The second kappa shape index (κ2) is 11.9. The summed E-state index contributed by atoms with van der Waals surface area (Å²) in [6.45, 7) is 3.26. The van der Waals surface area contributed by atoms with Crippen molar-refractivity contribution >= 4 is 34.5 Å². The number of carbonyl (C=O) groups is 2. The van der Waals surface area contributed by atoms with E-state index in [1.807, 2.05) is 64.9 Å². The zero-order chi connectivity index (χ0) is 26.5. The normalized spacial score (nSPS) is 20.5. The SMILES string of the molecule is CCOC(=O)C1=C(c2ccccc2)N=C2SC=C(CC(=O)NC[C@H]3CCCO3)N2[C@H]1c1ccc(OC)cc1. The molecule has 1 N–H and O–H groups in total. The fourth-order valence-corrected chi connectivity index (χ4v) is 5.77. The molecule has 2 aromatic carbocycles. The van der Waals surface area contributed by atoms with Crippen molar-refractivity contribution in [2.24, 2.45) is 4.99 Å². The number of fused-ring (bicyclic) bond motifs is 1. The zero-order valence-corrected chi connectivity index (χ0v) is 22.3. The van der Waals surface area contributed by atoms with Gasteiger partial charge in [-0.1, -0.05) is 54.2 Å². The van der Waals surface area contributed by atoms with Gasteiger partial charge in [0, 0.05) is 24.4 Å². The monoisotopic (exact) mass is 533 g/mol. The van der Waals surface area contributed by atoms with E-state index in [1.54, 1.807) is 14.0 Å². The number of methoxy groups -OCH3 is 1. The first-order valence-corrected chi connectivity index (χ1v) is 13.7. The molecule has 5 rings (SSSR count). The van der Waals surface area contributed by atoms with Gasteiger partial charge in [-0.2, -0.15) is 0 Å². The van der Waals surface area contributed by atoms with Crippen LogP contribution in [0.25, 0.3) is 5.70 Å². The first-order chi connectivity index (χ1) is 18.6. The van der Waals surface area contributed by atoms with Crippen molar-refractivity contribution < 1.29 is 23.8 Å². The van der Waals surface area contributed by atoms with Crippen LogP contribution in [0.15, 0.2) is 76.3 Å². The lowest BCUT2D eigenvalue weighted by atomic mass is 9.91. The van der Waals surface area contributed by atoms with E-state index in [-0.39, 0.29) is 25.0 Å². The number of hydrogen-bond acceptors (Lipinski definition) is 8. The summed E-state index contributed by atoms with van der Waals surface area (Å²) < 4.78 is 16.6. The lowest BCUT2D eigenvalue weighted by Gasteiger charge is -2.36. The van der Waals surface area contributed by atoms with E-state index in [0.29, 0.717) is 28.7 Å². The molecule has 9 heteroatoms. The molecule has 0 saturated carbocycles. The number of amides is 1. The lowest BCUT2D eigenvalue weighted by Crippen LogP contribution is -2.38. The number of rotatable bonds is 9. The Morgan fingerprint density at radius 2 is 1.95 bits per heavy atom. The van der Waals surface area contributed by atoms with Crippen molar-refractivity contribution in [1.82, 2.24) is 10.2 Å². The molecule has 2 aromatic rings. The van der Waals surface area contributed by atoms with Gasteiger partial charge in [0.15, 0.2) is 5.17 Å². The molecule has 8 nitrogen and oxygen atoms in total. The lowest BCUT2D eigenvalue weighted by molar-refractivity contribution is -0.139. The van der Waals surface area contributed by atoms with Gasteiger partial charge in [0.05, 0.1) is 43.6 Å². The average Bonchev–Trinajstić information content (AvgIpc) is 3.62. The molecule has 2 atom stereocenters. The van der Waals surface area contributed by atoms with Crippen LogP contribution in [0.2, 0.25) is 0 Å². The molecule has 3 aliphatic rings. The Morgan fingerprint density at radius 3 is 2.63 bits per heavy atom. The van der Waals surface area contributed by atoms with E-state index in [2.05, 4.69) is 5.32 Å². The molecule has 0 bridgehead atoms. The maximum absolute atomic E-state index is 13.5. The minimum atomic E-state index is -0.533. The molecule has 0 aliphatic carbocycles. The summed E-state index contributed by atoms with van der Waals surface area (Å²) in [6.07, 6.45) is 2.20. The highest BCUT2D eigenvalue weighted by molar-refractivity contribution is 8.16. The second-order valence-electron chi connectivity index (χ2n) is 9.13. The van der Waals surface area contributed by atoms with Crippen LogP contribution in [0.1, 0.15) is 43.4 Å². The number of nitrogens with one attached hydrogen (secondary N) is 1. The zero-order valence-electron chi connectivity index (χ0n) is 21.5. The third kappa shape index (κ3) is 5.49. The maximum atomic E-state index is 13.5. The smallest absolute Gasteiger partial charge is 0.338 e. The molecule has 1 amide bonds. The second-order valence-corrected chi connectivity index (χ2v) is 9.97. The number of thioether (sulfide) groups is 1. The van der Waals surface area contributed by atoms with E-state index in [1.165, 1.54) is 11.8 Å². The Hall–Kier alpha value is -3.56. The molecular formula is C29H31N3O5S. The van der Waals surface area contributed by atoms with Gasteiger partial charge in [-0.3, -0.25) is 4.79 Å². The van der Waals surface area contributed by atoms with Gasteiger partial charge in [0.25, 0.3) is 0 Å². The number of esters is 1. The summed E-state index contributed by atoms with van der Waals surface area (Å²) in [7, 11) is 1.62. The summed E-state index contributed by atoms with van der Waals surface area (Å²) in [5.74, 6) is 0.176. The molecule has 1 fully saturated rings. The third-order valence-electron chi connectivity index (χ3n) is 6.68. The van der Waals surface area contributed by atoms with Crippen molar-refractivity contribution in [2.45, 2.75) is 38.3 Å². The van der Waals surface area contributed by atoms with Crippen LogP contribution < -0.4 is 10.1 Å². The van der Waals surface area contributed by atoms with Crippen molar-refractivity contribution in [2.75, 3.05) is 26.9 Å². The number of benzene rings is 2. The molecule has 0 radical (unpaired) electrons. The van der Waals surface area contributed by atoms with E-state index < -0.39 is 12.0 Å². The van der Waals surface area contributed by atoms with Crippen LogP contribution in [0.4, 0.5) is 0 Å². The van der Waals surface area contributed by atoms with Gasteiger partial charge in [0.1, 0.15) is 5.75 Å². The Balaban J connectivity index is 1.53. The van der Waals surface area contributed by atoms with E-state index >= 15 is 0 Å². The van der Waals surface area contributed by atoms with Crippen molar-refractivity contribution in [1.29, 1.82) is 0 Å². The topological polar surface area (TPSA) is 89.5 Å². The van der Waals surface area contributed by atoms with Crippen molar-refractivity contribution in [3.63, 3.8) is 0 Å². The van der Waals surface area contributed by atoms with Crippen molar-refractivity contribution in [3.8, 4) is 5.75 Å². The summed E-state index contributed by atoms with van der Waals surface area (Å²) in [6, 6.07) is 16.7. The van der Waals surface area contributed by atoms with Crippen LogP contribution >= 0.6 is 11.8 Å². The molecular weight excluding hydrogens is 502 g/mol. The number of amidine groups is 1. The van der Waals surface area contributed by atoms with E-state index in [0.717, 1.165) is 36.3 Å². The number of aliphatic imine (C=N–C) groups is 1. The fourth-order valence-electron chi connectivity index (χ4n) is 4.85. The molecule has 38 heavy (non-hydrogen) atoms. The first kappa shape index (κ1) is 26.1. The Kier molecular flexibility index (Phi) is 8.14. The number of carbonyl (C=O) groups excluding carboxylic acids is 2. The van der Waals surface area contributed by atoms with Crippen LogP contribution in [-0.2, 0) is 19.1 Å². The predicted octanol–water partition coefficient (Wildman–Crippen LogP) is 4.66. The Morgan fingerprint density at radius 1 is 1.16 bits per heavy atom. The summed E-state index contributed by atoms with van der Waals surface area (Å²) in [5.41, 5.74) is 3.46. The minimum Gasteiger partial charge on any atom is -0.497 e. The first-order valence-electron chi connectivity index (χ1n) is 12.8. The van der Waals surface area contributed by atoms with Crippen LogP contribution in [0.5, 0.6) is 5.75 Å². The summed E-state index contributed by atoms with van der Waals surface area (Å²) in [4.78, 5) is 33.4. The van der Waals surface area contributed by atoms with Gasteiger partial charge in [-0.15, -0.1) is 0 Å². The molecule has 0 spiro atoms. The van der Waals surface area contributed by atoms with Crippen LogP contribution in [0.3, 0.4) is 0 Å². The molecule has 0 unspecified atom stereocenters. The number of ether oxygens (including phenoxy) is 3. The van der Waals surface area contributed by atoms with Crippen molar-refractivity contribution in [3.05, 3.63) is 82.4 Å². The standard InChI is InChI=1S/C29H31N3O5S/c1-3-36-28(34)25-26(19-8-5-4-6-9-19)31-29-32(27(25)20-11-13-22(35-2)14-12-20)21(18-38-29)16-24(33)30-17-23-10-7-15-37-23/h4-6,8-9,11-14,18,23,27H,3,7,10,15-17H2,1-2H3,(H,30,33)/t23-,27+/m1/s1. The Bertz CT molecular complexity index is 1270. The Labute approximate surface area is 226 Å². The van der Waals surface area contributed by atoms with Gasteiger partial charge in [-0.05, 0) is 42.9 Å². The number of hydrogen-bond donors (Lipinski definition) is 1. The molecule has 198 valence electrons. The molecule has 3 heterocycles. The quantitative estimate of drug-likeness (QED) is 0.469. The largest absolute Gasteiger partial charge is 0.497 e. The number of nitrogens with zero attached hydrogens (tertiary/aromatic N) is 2. The highest BCUT2D eigenvalue weighted by Gasteiger charge is 2.42. The molecule has 0 aromatic heterocycles. The third-order valence-corrected chi connectivity index (χ3v) is 7.57. The van der Waals surface area contributed by atoms with E-state index in [4.69, 9.17) is 19.2 Å². The highest BCUT2D eigenvalue weighted by atomic mass is 32.2. The van der Waals surface area contributed by atoms with Gasteiger partial charge >= 0.3 is 5.97 Å². The average molecular weight is 534 g/mol. The molecule has 1 saturated heterocycles. The van der Waals surface area contributed by atoms with Gasteiger partial charge in [0.2, 0.25) is 5.91 Å². The maximum Gasteiger partial charge on any atom is 0.338 e.